The lowest BCUT2D eigenvalue weighted by Gasteiger charge is -2.05. The van der Waals surface area contributed by atoms with Crippen LogP contribution in [0, 0.1) is 11.3 Å². The minimum atomic E-state index is 0.527. The number of hydrogen-bond donors (Lipinski definition) is 0. The first-order valence-corrected chi connectivity index (χ1v) is 4.78. The van der Waals surface area contributed by atoms with Crippen LogP contribution in [0.5, 0.6) is 0 Å². The molecule has 0 aliphatic rings. The maximum atomic E-state index is 8.77. The first kappa shape index (κ1) is 9.15. The zero-order valence-electron chi connectivity index (χ0n) is 7.24. The minimum absolute atomic E-state index is 0.527. The number of thioether (sulfide) groups is 1. The molecule has 1 aromatic rings. The molecule has 0 aliphatic heterocycles. The van der Waals surface area contributed by atoms with Crippen LogP contribution in [0.15, 0.2) is 29.2 Å². The number of nitrogens with zero attached hydrogens (tertiary/aromatic N) is 1. The molecule has 0 aromatic heterocycles. The highest BCUT2D eigenvalue weighted by molar-refractivity contribution is 8.00. The fraction of sp³-hybridized carbons (Fsp3) is 0.300. The van der Waals surface area contributed by atoms with E-state index in [0.29, 0.717) is 5.25 Å². The maximum absolute atomic E-state index is 8.77. The highest BCUT2D eigenvalue weighted by Gasteiger charge is 2.02. The van der Waals surface area contributed by atoms with Crippen molar-refractivity contribution in [2.75, 3.05) is 0 Å². The lowest BCUT2D eigenvalue weighted by atomic mass is 10.2. The molecule has 0 radical (unpaired) electrons. The predicted octanol–water partition coefficient (Wildman–Crippen LogP) is 3.06. The lowest BCUT2D eigenvalue weighted by Crippen LogP contribution is -1.88. The van der Waals surface area contributed by atoms with Gasteiger partial charge in [0.2, 0.25) is 0 Å². The van der Waals surface area contributed by atoms with Crippen LogP contribution in [0.2, 0.25) is 0 Å². The van der Waals surface area contributed by atoms with Gasteiger partial charge >= 0.3 is 0 Å². The van der Waals surface area contributed by atoms with Crippen LogP contribution in [-0.4, -0.2) is 5.25 Å². The molecule has 0 saturated carbocycles. The number of rotatable bonds is 2. The highest BCUT2D eigenvalue weighted by Crippen LogP contribution is 2.25. The molecule has 0 fully saturated rings. The topological polar surface area (TPSA) is 23.8 Å². The first-order chi connectivity index (χ1) is 5.74. The SMILES string of the molecule is CC(C)Sc1ccccc1C#N. The molecule has 0 N–H and O–H groups in total. The Kier molecular flexibility index (Phi) is 3.19. The Bertz CT molecular complexity index is 299. The molecule has 0 unspecified atom stereocenters. The van der Waals surface area contributed by atoms with E-state index in [1.807, 2.05) is 24.3 Å². The van der Waals surface area contributed by atoms with Crippen molar-refractivity contribution in [2.45, 2.75) is 24.0 Å². The molecule has 12 heavy (non-hydrogen) atoms. The van der Waals surface area contributed by atoms with Crippen molar-refractivity contribution in [2.24, 2.45) is 0 Å². The fourth-order valence-corrected chi connectivity index (χ4v) is 1.82. The molecule has 0 amide bonds. The smallest absolute Gasteiger partial charge is 0.100 e. The standard InChI is InChI=1S/C10H11NS/c1-8(2)12-10-6-4-3-5-9(10)7-11/h3-6,8H,1-2H3. The van der Waals surface area contributed by atoms with E-state index in [1.54, 1.807) is 11.8 Å². The van der Waals surface area contributed by atoms with E-state index in [-0.39, 0.29) is 0 Å². The zero-order valence-corrected chi connectivity index (χ0v) is 8.06. The van der Waals surface area contributed by atoms with Crippen LogP contribution in [0.1, 0.15) is 19.4 Å². The van der Waals surface area contributed by atoms with Gasteiger partial charge in [-0.15, -0.1) is 11.8 Å². The third-order valence-electron chi connectivity index (χ3n) is 1.37. The largest absolute Gasteiger partial charge is 0.192 e. The summed E-state index contributed by atoms with van der Waals surface area (Å²) in [4.78, 5) is 1.08. The second kappa shape index (κ2) is 4.18. The third-order valence-corrected chi connectivity index (χ3v) is 2.45. The Morgan fingerprint density at radius 2 is 2.00 bits per heavy atom. The van der Waals surface area contributed by atoms with Crippen molar-refractivity contribution in [1.29, 1.82) is 5.26 Å². The van der Waals surface area contributed by atoms with Crippen LogP contribution < -0.4 is 0 Å². The van der Waals surface area contributed by atoms with Gasteiger partial charge in [-0.2, -0.15) is 5.26 Å². The maximum Gasteiger partial charge on any atom is 0.100 e. The van der Waals surface area contributed by atoms with E-state index in [2.05, 4.69) is 19.9 Å². The Hall–Kier alpha value is -0.940. The van der Waals surface area contributed by atoms with Crippen molar-refractivity contribution >= 4 is 11.8 Å². The van der Waals surface area contributed by atoms with Gasteiger partial charge < -0.3 is 0 Å². The molecule has 0 saturated heterocycles. The molecular formula is C10H11NS. The zero-order chi connectivity index (χ0) is 8.97. The Morgan fingerprint density at radius 1 is 1.33 bits per heavy atom. The molecule has 1 nitrogen and oxygen atoms in total. The molecule has 0 aliphatic carbocycles. The average molecular weight is 177 g/mol. The molecule has 62 valence electrons. The van der Waals surface area contributed by atoms with Gasteiger partial charge in [0.25, 0.3) is 0 Å². The second-order valence-corrected chi connectivity index (χ2v) is 4.39. The Labute approximate surface area is 77.4 Å². The molecular weight excluding hydrogens is 166 g/mol. The summed E-state index contributed by atoms with van der Waals surface area (Å²) in [5.74, 6) is 0. The van der Waals surface area contributed by atoms with E-state index >= 15 is 0 Å². The summed E-state index contributed by atoms with van der Waals surface area (Å²) in [6.07, 6.45) is 0. The quantitative estimate of drug-likeness (QED) is 0.648. The van der Waals surface area contributed by atoms with Gasteiger partial charge in [0.1, 0.15) is 6.07 Å². The van der Waals surface area contributed by atoms with Crippen LogP contribution in [-0.2, 0) is 0 Å². The van der Waals surface area contributed by atoms with Gasteiger partial charge in [-0.3, -0.25) is 0 Å². The van der Waals surface area contributed by atoms with Crippen molar-refractivity contribution in [3.05, 3.63) is 29.8 Å². The summed E-state index contributed by atoms with van der Waals surface area (Å²) in [5.41, 5.74) is 0.774. The third kappa shape index (κ3) is 2.28. The summed E-state index contributed by atoms with van der Waals surface area (Å²) in [6, 6.07) is 9.88. The van der Waals surface area contributed by atoms with Crippen LogP contribution in [0.4, 0.5) is 0 Å². The van der Waals surface area contributed by atoms with Crippen LogP contribution >= 0.6 is 11.8 Å². The number of hydrogen-bond acceptors (Lipinski definition) is 2. The van der Waals surface area contributed by atoms with Crippen LogP contribution in [0.25, 0.3) is 0 Å². The summed E-state index contributed by atoms with van der Waals surface area (Å²) >= 11 is 1.73. The van der Waals surface area contributed by atoms with Crippen LogP contribution in [0.3, 0.4) is 0 Å². The van der Waals surface area contributed by atoms with E-state index in [1.165, 1.54) is 0 Å². The monoisotopic (exact) mass is 177 g/mol. The van der Waals surface area contributed by atoms with E-state index < -0.39 is 0 Å². The Balaban J connectivity index is 2.91. The van der Waals surface area contributed by atoms with Gasteiger partial charge in [0.15, 0.2) is 0 Å². The molecule has 1 rings (SSSR count). The van der Waals surface area contributed by atoms with Gasteiger partial charge in [-0.05, 0) is 12.1 Å². The fourth-order valence-electron chi connectivity index (χ4n) is 0.916. The predicted molar refractivity (Wildman–Crippen MR) is 52.2 cm³/mol. The average Bonchev–Trinajstić information content (AvgIpc) is 2.04. The van der Waals surface area contributed by atoms with E-state index in [4.69, 9.17) is 5.26 Å². The summed E-state index contributed by atoms with van der Waals surface area (Å²) in [5, 5.41) is 9.30. The summed E-state index contributed by atoms with van der Waals surface area (Å²) in [6.45, 7) is 4.25. The van der Waals surface area contributed by atoms with Crippen molar-refractivity contribution in [3.8, 4) is 6.07 Å². The second-order valence-electron chi connectivity index (χ2n) is 2.77. The van der Waals surface area contributed by atoms with Gasteiger partial charge in [0, 0.05) is 10.1 Å². The minimum Gasteiger partial charge on any atom is -0.192 e. The molecule has 2 heteroatoms. The summed E-state index contributed by atoms with van der Waals surface area (Å²) < 4.78 is 0. The van der Waals surface area contributed by atoms with Gasteiger partial charge in [-0.25, -0.2) is 0 Å². The van der Waals surface area contributed by atoms with E-state index in [9.17, 15) is 0 Å². The van der Waals surface area contributed by atoms with Crippen molar-refractivity contribution in [1.82, 2.24) is 0 Å². The summed E-state index contributed by atoms with van der Waals surface area (Å²) in [7, 11) is 0. The van der Waals surface area contributed by atoms with Gasteiger partial charge in [0.05, 0.1) is 5.56 Å². The molecule has 0 heterocycles. The molecule has 0 bridgehead atoms. The number of benzene rings is 1. The van der Waals surface area contributed by atoms with Gasteiger partial charge in [-0.1, -0.05) is 26.0 Å². The molecule has 1 aromatic carbocycles. The number of nitriles is 1. The van der Waals surface area contributed by atoms with Crippen molar-refractivity contribution < 1.29 is 0 Å². The van der Waals surface area contributed by atoms with E-state index in [0.717, 1.165) is 10.5 Å². The van der Waals surface area contributed by atoms with Crippen molar-refractivity contribution in [3.63, 3.8) is 0 Å². The normalized spacial score (nSPS) is 9.83. The first-order valence-electron chi connectivity index (χ1n) is 3.90. The highest BCUT2D eigenvalue weighted by atomic mass is 32.2. The Morgan fingerprint density at radius 3 is 2.58 bits per heavy atom. The lowest BCUT2D eigenvalue weighted by molar-refractivity contribution is 1.11. The molecule has 0 spiro atoms. The molecule has 0 atom stereocenters.